The van der Waals surface area contributed by atoms with Crippen molar-refractivity contribution in [3.63, 3.8) is 0 Å². The Morgan fingerprint density at radius 1 is 1.15 bits per heavy atom. The molecule has 2 heterocycles. The molecular formula is C26H32N4O4. The number of piperazine rings is 1. The van der Waals surface area contributed by atoms with Crippen LogP contribution in [0.4, 0.5) is 0 Å². The number of nitrogens with zero attached hydrogens (tertiary/aromatic N) is 3. The number of carboxylic acids is 1. The van der Waals surface area contributed by atoms with Crippen LogP contribution in [0.2, 0.25) is 0 Å². The van der Waals surface area contributed by atoms with Crippen molar-refractivity contribution in [3.8, 4) is 5.75 Å². The van der Waals surface area contributed by atoms with Crippen LogP contribution in [-0.2, 0) is 11.2 Å². The van der Waals surface area contributed by atoms with Crippen LogP contribution in [0, 0.1) is 5.92 Å². The maximum absolute atomic E-state index is 13.1. The van der Waals surface area contributed by atoms with Crippen LogP contribution in [-0.4, -0.2) is 71.9 Å². The molecule has 1 fully saturated rings. The number of rotatable bonds is 7. The third-order valence-electron chi connectivity index (χ3n) is 6.78. The van der Waals surface area contributed by atoms with Gasteiger partial charge in [0, 0.05) is 43.2 Å². The number of likely N-dealkylation sites (N-methyl/N-ethyl adjacent to an activating group) is 1. The van der Waals surface area contributed by atoms with Crippen molar-refractivity contribution in [3.05, 3.63) is 64.7 Å². The standard InChI is InChI=1S/C26H32N4O4/c1-3-26(27)22(16-24(31)32)14-20-8-9-21(15-23(20)34-26)25(33)19-6-4-18(5-7-19)17-28-30-12-10-29(2)11-13-30/h4-9,15,17,22H,3,10-14,16,27H2,1-2H3,(H,31,32). The first kappa shape index (κ1) is 23.9. The van der Waals surface area contributed by atoms with Crippen molar-refractivity contribution < 1.29 is 19.4 Å². The molecule has 0 aliphatic carbocycles. The van der Waals surface area contributed by atoms with E-state index in [4.69, 9.17) is 10.5 Å². The molecule has 3 N–H and O–H groups in total. The van der Waals surface area contributed by atoms with Crippen LogP contribution in [0.25, 0.3) is 0 Å². The molecule has 0 bridgehead atoms. The van der Waals surface area contributed by atoms with Gasteiger partial charge in [-0.05, 0) is 37.1 Å². The molecule has 2 aliphatic heterocycles. The lowest BCUT2D eigenvalue weighted by Crippen LogP contribution is -2.55. The summed E-state index contributed by atoms with van der Waals surface area (Å²) in [7, 11) is 2.11. The second-order valence-corrected chi connectivity index (χ2v) is 9.18. The van der Waals surface area contributed by atoms with Gasteiger partial charge in [0.15, 0.2) is 11.5 Å². The number of ketones is 1. The number of fused-ring (bicyclic) bond motifs is 1. The second-order valence-electron chi connectivity index (χ2n) is 9.18. The molecule has 0 aromatic heterocycles. The molecule has 180 valence electrons. The van der Waals surface area contributed by atoms with Gasteiger partial charge < -0.3 is 14.7 Å². The highest BCUT2D eigenvalue weighted by Gasteiger charge is 2.41. The van der Waals surface area contributed by atoms with Crippen molar-refractivity contribution in [2.24, 2.45) is 16.8 Å². The zero-order valence-corrected chi connectivity index (χ0v) is 19.7. The van der Waals surface area contributed by atoms with E-state index < -0.39 is 11.7 Å². The van der Waals surface area contributed by atoms with E-state index in [0.29, 0.717) is 29.7 Å². The molecule has 1 saturated heterocycles. The lowest BCUT2D eigenvalue weighted by molar-refractivity contribution is -0.141. The molecule has 0 spiro atoms. The number of hydrazone groups is 1. The number of carbonyl (C=O) groups is 2. The normalized spacial score (nSPS) is 22.9. The minimum Gasteiger partial charge on any atom is -0.481 e. The zero-order chi connectivity index (χ0) is 24.3. The van der Waals surface area contributed by atoms with Gasteiger partial charge in [0.05, 0.1) is 12.6 Å². The van der Waals surface area contributed by atoms with Crippen LogP contribution in [0.1, 0.15) is 46.8 Å². The summed E-state index contributed by atoms with van der Waals surface area (Å²) >= 11 is 0. The Bertz CT molecular complexity index is 1080. The van der Waals surface area contributed by atoms with Gasteiger partial charge >= 0.3 is 5.97 Å². The molecule has 0 radical (unpaired) electrons. The van der Waals surface area contributed by atoms with E-state index >= 15 is 0 Å². The van der Waals surface area contributed by atoms with E-state index in [1.807, 2.05) is 31.3 Å². The second kappa shape index (κ2) is 9.95. The third-order valence-corrected chi connectivity index (χ3v) is 6.78. The molecule has 2 aliphatic rings. The molecule has 8 heteroatoms. The molecule has 2 unspecified atom stereocenters. The van der Waals surface area contributed by atoms with Gasteiger partial charge in [0.25, 0.3) is 0 Å². The smallest absolute Gasteiger partial charge is 0.303 e. The number of carbonyl (C=O) groups excluding carboxylic acids is 1. The van der Waals surface area contributed by atoms with E-state index in [1.54, 1.807) is 24.3 Å². The molecule has 0 amide bonds. The summed E-state index contributed by atoms with van der Waals surface area (Å²) in [5, 5.41) is 15.8. The van der Waals surface area contributed by atoms with Crippen molar-refractivity contribution >= 4 is 18.0 Å². The molecule has 0 saturated carbocycles. The van der Waals surface area contributed by atoms with Crippen LogP contribution < -0.4 is 10.5 Å². The fraction of sp³-hybridized carbons (Fsp3) is 0.423. The summed E-state index contributed by atoms with van der Waals surface area (Å²) in [5.74, 6) is -0.790. The van der Waals surface area contributed by atoms with Crippen molar-refractivity contribution in [1.29, 1.82) is 0 Å². The first-order valence-electron chi connectivity index (χ1n) is 11.7. The average molecular weight is 465 g/mol. The van der Waals surface area contributed by atoms with E-state index in [9.17, 15) is 14.7 Å². The monoisotopic (exact) mass is 464 g/mol. The quantitative estimate of drug-likeness (QED) is 0.479. The number of ether oxygens (including phenoxy) is 1. The van der Waals surface area contributed by atoms with Crippen molar-refractivity contribution in [1.82, 2.24) is 9.91 Å². The summed E-state index contributed by atoms with van der Waals surface area (Å²) in [6.45, 7) is 5.69. The highest BCUT2D eigenvalue weighted by molar-refractivity contribution is 6.09. The molecule has 2 aromatic rings. The Kier molecular flexibility index (Phi) is 7.00. The average Bonchev–Trinajstić information content (AvgIpc) is 2.83. The Balaban J connectivity index is 1.46. The predicted molar refractivity (Wildman–Crippen MR) is 130 cm³/mol. The molecule has 4 rings (SSSR count). The van der Waals surface area contributed by atoms with Gasteiger partial charge in [-0.1, -0.05) is 43.3 Å². The fourth-order valence-corrected chi connectivity index (χ4v) is 4.45. The number of hydrogen-bond acceptors (Lipinski definition) is 7. The highest BCUT2D eigenvalue weighted by atomic mass is 16.5. The first-order valence-corrected chi connectivity index (χ1v) is 11.7. The topological polar surface area (TPSA) is 108 Å². The van der Waals surface area contributed by atoms with Crippen LogP contribution in [0.3, 0.4) is 0 Å². The summed E-state index contributed by atoms with van der Waals surface area (Å²) in [6.07, 6.45) is 2.74. The minimum atomic E-state index is -1.07. The summed E-state index contributed by atoms with van der Waals surface area (Å²) in [5.41, 5.74) is 8.23. The maximum Gasteiger partial charge on any atom is 0.303 e. The van der Waals surface area contributed by atoms with Gasteiger partial charge in [-0.2, -0.15) is 5.10 Å². The minimum absolute atomic E-state index is 0.0606. The molecule has 8 nitrogen and oxygen atoms in total. The Hall–Kier alpha value is -3.23. The van der Waals surface area contributed by atoms with Crippen LogP contribution >= 0.6 is 0 Å². The van der Waals surface area contributed by atoms with Gasteiger partial charge in [-0.25, -0.2) is 0 Å². The predicted octanol–water partition coefficient (Wildman–Crippen LogP) is 2.59. The van der Waals surface area contributed by atoms with E-state index in [2.05, 4.69) is 22.1 Å². The van der Waals surface area contributed by atoms with E-state index in [0.717, 1.165) is 37.3 Å². The third kappa shape index (κ3) is 5.29. The van der Waals surface area contributed by atoms with Crippen LogP contribution in [0.15, 0.2) is 47.6 Å². The van der Waals surface area contributed by atoms with E-state index in [-0.39, 0.29) is 18.1 Å². The zero-order valence-electron chi connectivity index (χ0n) is 19.7. The van der Waals surface area contributed by atoms with Crippen molar-refractivity contribution in [2.75, 3.05) is 33.2 Å². The van der Waals surface area contributed by atoms with E-state index in [1.165, 1.54) is 0 Å². The molecule has 2 aromatic carbocycles. The summed E-state index contributed by atoms with van der Waals surface area (Å²) in [6, 6.07) is 12.7. The Morgan fingerprint density at radius 2 is 1.82 bits per heavy atom. The number of nitrogens with two attached hydrogens (primary N) is 1. The van der Waals surface area contributed by atoms with Crippen LogP contribution in [0.5, 0.6) is 5.75 Å². The number of carboxylic acid groups (broad SMARTS) is 1. The molecule has 34 heavy (non-hydrogen) atoms. The largest absolute Gasteiger partial charge is 0.481 e. The van der Waals surface area contributed by atoms with Gasteiger partial charge in [0.2, 0.25) is 0 Å². The Labute approximate surface area is 200 Å². The van der Waals surface area contributed by atoms with Gasteiger partial charge in [0.1, 0.15) is 5.75 Å². The summed E-state index contributed by atoms with van der Waals surface area (Å²) in [4.78, 5) is 26.7. The van der Waals surface area contributed by atoms with Crippen molar-refractivity contribution in [2.45, 2.75) is 31.9 Å². The molecule has 2 atom stereocenters. The Morgan fingerprint density at radius 3 is 2.47 bits per heavy atom. The van der Waals surface area contributed by atoms with Gasteiger partial charge in [-0.15, -0.1) is 0 Å². The highest BCUT2D eigenvalue weighted by Crippen LogP contribution is 2.38. The van der Waals surface area contributed by atoms with Gasteiger partial charge in [-0.3, -0.25) is 20.3 Å². The number of benzene rings is 2. The number of aliphatic carboxylic acids is 1. The lowest BCUT2D eigenvalue weighted by atomic mass is 9.82. The fourth-order valence-electron chi connectivity index (χ4n) is 4.45. The molecular weight excluding hydrogens is 432 g/mol. The first-order chi connectivity index (χ1) is 16.3. The summed E-state index contributed by atoms with van der Waals surface area (Å²) < 4.78 is 6.06. The lowest BCUT2D eigenvalue weighted by Gasteiger charge is -2.41. The SMILES string of the molecule is CCC1(N)Oc2cc(C(=O)c3ccc(C=NN4CCN(C)CC4)cc3)ccc2CC1CC(=O)O. The number of hydrogen-bond donors (Lipinski definition) is 2. The maximum atomic E-state index is 13.1.